The van der Waals surface area contributed by atoms with Crippen molar-refractivity contribution in [2.75, 3.05) is 5.43 Å². The molecule has 19 heavy (non-hydrogen) atoms. The predicted molar refractivity (Wildman–Crippen MR) is 76.4 cm³/mol. The van der Waals surface area contributed by atoms with Crippen molar-refractivity contribution in [1.82, 2.24) is 4.98 Å². The fraction of sp³-hybridized carbons (Fsp3) is 0.0667. The van der Waals surface area contributed by atoms with Crippen molar-refractivity contribution in [2.24, 2.45) is 5.10 Å². The summed E-state index contributed by atoms with van der Waals surface area (Å²) in [5.74, 6) is 0.711. The highest BCUT2D eigenvalue weighted by atomic mass is 16.3. The number of fused-ring (bicyclic) bond motifs is 1. The van der Waals surface area contributed by atoms with Gasteiger partial charge in [-0.1, -0.05) is 18.2 Å². The summed E-state index contributed by atoms with van der Waals surface area (Å²) in [4.78, 5) is 4.48. The lowest BCUT2D eigenvalue weighted by Crippen LogP contribution is -1.94. The van der Waals surface area contributed by atoms with E-state index in [-0.39, 0.29) is 0 Å². The summed E-state index contributed by atoms with van der Waals surface area (Å²) in [6.45, 7) is 1.97. The Morgan fingerprint density at radius 3 is 2.95 bits per heavy atom. The number of hydrogen-bond donors (Lipinski definition) is 1. The first kappa shape index (κ1) is 11.5. The topological polar surface area (TPSA) is 50.4 Å². The Kier molecular flexibility index (Phi) is 2.98. The summed E-state index contributed by atoms with van der Waals surface area (Å²) < 4.78 is 5.18. The average Bonchev–Trinajstić information content (AvgIpc) is 2.91. The Hall–Kier alpha value is -2.62. The molecule has 0 aliphatic rings. The Balaban J connectivity index is 1.92. The van der Waals surface area contributed by atoms with Crippen LogP contribution in [-0.2, 0) is 0 Å². The molecule has 94 valence electrons. The zero-order valence-corrected chi connectivity index (χ0v) is 10.5. The summed E-state index contributed by atoms with van der Waals surface area (Å²) >= 11 is 0. The Morgan fingerprint density at radius 1 is 1.21 bits per heavy atom. The van der Waals surface area contributed by atoms with Crippen molar-refractivity contribution in [3.63, 3.8) is 0 Å². The third-order valence-corrected chi connectivity index (χ3v) is 2.76. The summed E-state index contributed by atoms with van der Waals surface area (Å²) in [7, 11) is 0. The van der Waals surface area contributed by atoms with E-state index in [1.807, 2.05) is 49.4 Å². The number of aromatic nitrogens is 1. The highest BCUT2D eigenvalue weighted by Crippen LogP contribution is 2.22. The quantitative estimate of drug-likeness (QED) is 0.571. The predicted octanol–water partition coefficient (Wildman–Crippen LogP) is 3.58. The molecule has 2 heterocycles. The van der Waals surface area contributed by atoms with Crippen molar-refractivity contribution < 1.29 is 4.42 Å². The summed E-state index contributed by atoms with van der Waals surface area (Å²) in [6, 6.07) is 13.6. The Labute approximate surface area is 110 Å². The van der Waals surface area contributed by atoms with Crippen molar-refractivity contribution in [3.05, 3.63) is 60.2 Å². The van der Waals surface area contributed by atoms with Crippen molar-refractivity contribution >= 4 is 22.8 Å². The van der Waals surface area contributed by atoms with E-state index in [2.05, 4.69) is 15.5 Å². The van der Waals surface area contributed by atoms with Crippen LogP contribution in [0.15, 0.2) is 58.2 Å². The smallest absolute Gasteiger partial charge is 0.146 e. The number of nitrogens with one attached hydrogen (secondary N) is 1. The van der Waals surface area contributed by atoms with E-state index < -0.39 is 0 Å². The van der Waals surface area contributed by atoms with Crippen LogP contribution >= 0.6 is 0 Å². The van der Waals surface area contributed by atoms with Crippen LogP contribution in [-0.4, -0.2) is 11.2 Å². The lowest BCUT2D eigenvalue weighted by atomic mass is 10.1. The van der Waals surface area contributed by atoms with Crippen LogP contribution in [0.3, 0.4) is 0 Å². The zero-order chi connectivity index (χ0) is 13.1. The van der Waals surface area contributed by atoms with Crippen molar-refractivity contribution in [3.8, 4) is 0 Å². The van der Waals surface area contributed by atoms with Gasteiger partial charge < -0.3 is 4.42 Å². The first-order chi connectivity index (χ1) is 9.33. The van der Waals surface area contributed by atoms with Gasteiger partial charge in [0.15, 0.2) is 0 Å². The second-order valence-corrected chi connectivity index (χ2v) is 4.21. The minimum atomic E-state index is 0.711. The number of pyridine rings is 1. The first-order valence-corrected chi connectivity index (χ1v) is 6.02. The Bertz CT molecular complexity index is 717. The van der Waals surface area contributed by atoms with E-state index in [4.69, 9.17) is 4.42 Å². The van der Waals surface area contributed by atoms with Crippen molar-refractivity contribution in [2.45, 2.75) is 6.92 Å². The highest BCUT2D eigenvalue weighted by molar-refractivity contribution is 5.91. The average molecular weight is 251 g/mol. The van der Waals surface area contributed by atoms with Gasteiger partial charge in [-0.15, -0.1) is 0 Å². The van der Waals surface area contributed by atoms with Gasteiger partial charge in [-0.3, -0.25) is 10.4 Å². The number of rotatable bonds is 3. The van der Waals surface area contributed by atoms with Gasteiger partial charge in [0, 0.05) is 11.1 Å². The van der Waals surface area contributed by atoms with Crippen LogP contribution < -0.4 is 5.43 Å². The summed E-state index contributed by atoms with van der Waals surface area (Å²) in [6.07, 6.45) is 3.26. The number of aryl methyl sites for hydroxylation is 1. The molecule has 3 aromatic rings. The molecule has 0 fully saturated rings. The normalized spacial score (nSPS) is 11.2. The zero-order valence-electron chi connectivity index (χ0n) is 10.5. The van der Waals surface area contributed by atoms with Crippen molar-refractivity contribution in [1.29, 1.82) is 0 Å². The standard InChI is InChI=1S/C15H13N3O/c1-11-9-15(13-6-2-3-7-14(13)17-11)18-16-10-12-5-4-8-19-12/h2-10H,1H3,(H,17,18)/b16-10+. The van der Waals surface area contributed by atoms with Crippen LogP contribution in [0.2, 0.25) is 0 Å². The minimum Gasteiger partial charge on any atom is -0.463 e. The SMILES string of the molecule is Cc1cc(N/N=C/c2ccco2)c2ccccc2n1. The minimum absolute atomic E-state index is 0.711. The third-order valence-electron chi connectivity index (χ3n) is 2.76. The van der Waals surface area contributed by atoms with Gasteiger partial charge in [0.05, 0.1) is 23.7 Å². The Morgan fingerprint density at radius 2 is 2.11 bits per heavy atom. The molecule has 0 aliphatic carbocycles. The molecule has 0 unspecified atom stereocenters. The third kappa shape index (κ3) is 2.47. The van der Waals surface area contributed by atoms with Crippen LogP contribution in [0.25, 0.3) is 10.9 Å². The second kappa shape index (κ2) is 4.94. The van der Waals surface area contributed by atoms with Crippen LogP contribution in [0.1, 0.15) is 11.5 Å². The first-order valence-electron chi connectivity index (χ1n) is 6.02. The van der Waals surface area contributed by atoms with Gasteiger partial charge in [-0.25, -0.2) is 0 Å². The molecule has 0 radical (unpaired) electrons. The fourth-order valence-corrected chi connectivity index (χ4v) is 1.93. The van der Waals surface area contributed by atoms with Gasteiger partial charge in [-0.2, -0.15) is 5.10 Å². The van der Waals surface area contributed by atoms with Crippen LogP contribution in [0.4, 0.5) is 5.69 Å². The monoisotopic (exact) mass is 251 g/mol. The molecule has 0 saturated carbocycles. The fourth-order valence-electron chi connectivity index (χ4n) is 1.93. The number of benzene rings is 1. The van der Waals surface area contributed by atoms with E-state index in [0.29, 0.717) is 5.76 Å². The largest absolute Gasteiger partial charge is 0.463 e. The molecule has 4 heteroatoms. The maximum absolute atomic E-state index is 5.18. The second-order valence-electron chi connectivity index (χ2n) is 4.21. The number of anilines is 1. The van der Waals surface area contributed by atoms with Gasteiger partial charge in [-0.05, 0) is 31.2 Å². The molecule has 1 N–H and O–H groups in total. The number of hydrazone groups is 1. The molecule has 0 bridgehead atoms. The van der Waals surface area contributed by atoms with E-state index in [9.17, 15) is 0 Å². The lowest BCUT2D eigenvalue weighted by Gasteiger charge is -2.06. The molecule has 3 rings (SSSR count). The van der Waals surface area contributed by atoms with Crippen LogP contribution in [0, 0.1) is 6.92 Å². The summed E-state index contributed by atoms with van der Waals surface area (Å²) in [5.41, 5.74) is 5.88. The molecular weight excluding hydrogens is 238 g/mol. The van der Waals surface area contributed by atoms with Gasteiger partial charge in [0.1, 0.15) is 5.76 Å². The van der Waals surface area contributed by atoms with Gasteiger partial charge >= 0.3 is 0 Å². The number of nitrogens with zero attached hydrogens (tertiary/aromatic N) is 2. The molecule has 2 aromatic heterocycles. The maximum Gasteiger partial charge on any atom is 0.146 e. The van der Waals surface area contributed by atoms with Crippen LogP contribution in [0.5, 0.6) is 0 Å². The van der Waals surface area contributed by atoms with Gasteiger partial charge in [0.2, 0.25) is 0 Å². The van der Waals surface area contributed by atoms with E-state index in [0.717, 1.165) is 22.3 Å². The number of para-hydroxylation sites is 1. The molecule has 0 aliphatic heterocycles. The molecule has 0 spiro atoms. The number of furan rings is 1. The van der Waals surface area contributed by atoms with E-state index in [1.54, 1.807) is 12.5 Å². The van der Waals surface area contributed by atoms with Gasteiger partial charge in [0.25, 0.3) is 0 Å². The molecule has 0 saturated heterocycles. The molecule has 1 aromatic carbocycles. The summed E-state index contributed by atoms with van der Waals surface area (Å²) in [5, 5.41) is 5.22. The maximum atomic E-state index is 5.18. The molecule has 4 nitrogen and oxygen atoms in total. The van der Waals surface area contributed by atoms with E-state index >= 15 is 0 Å². The highest BCUT2D eigenvalue weighted by Gasteiger charge is 2.02. The number of hydrogen-bond acceptors (Lipinski definition) is 4. The molecular formula is C15H13N3O. The van der Waals surface area contributed by atoms with E-state index in [1.165, 1.54) is 0 Å². The lowest BCUT2D eigenvalue weighted by molar-refractivity contribution is 0.560. The molecule has 0 atom stereocenters. The molecule has 0 amide bonds.